The predicted molar refractivity (Wildman–Crippen MR) is 80.6 cm³/mol. The molecule has 20 heavy (non-hydrogen) atoms. The van der Waals surface area contributed by atoms with E-state index in [-0.39, 0.29) is 11.8 Å². The summed E-state index contributed by atoms with van der Waals surface area (Å²) < 4.78 is 0. The third kappa shape index (κ3) is 2.74. The number of amides is 1. The van der Waals surface area contributed by atoms with E-state index in [9.17, 15) is 4.79 Å². The molecular formula is C18H19NO. The molecule has 0 aromatic heterocycles. The second-order valence-electron chi connectivity index (χ2n) is 5.38. The Balaban J connectivity index is 1.98. The molecule has 3 rings (SSSR count). The van der Waals surface area contributed by atoms with Gasteiger partial charge in [-0.25, -0.2) is 0 Å². The van der Waals surface area contributed by atoms with E-state index >= 15 is 0 Å². The Morgan fingerprint density at radius 2 is 1.35 bits per heavy atom. The largest absolute Gasteiger partial charge is 0.356 e. The fraction of sp³-hybridized carbons (Fsp3) is 0.278. The number of carbonyl (C=O) groups is 1. The first-order valence-corrected chi connectivity index (χ1v) is 7.21. The summed E-state index contributed by atoms with van der Waals surface area (Å²) in [4.78, 5) is 11.9. The van der Waals surface area contributed by atoms with Gasteiger partial charge in [-0.05, 0) is 29.4 Å². The van der Waals surface area contributed by atoms with Crippen molar-refractivity contribution in [3.63, 3.8) is 0 Å². The first-order valence-electron chi connectivity index (χ1n) is 7.21. The molecule has 2 atom stereocenters. The number of benzene rings is 2. The van der Waals surface area contributed by atoms with Gasteiger partial charge in [-0.2, -0.15) is 0 Å². The molecule has 1 amide bonds. The van der Waals surface area contributed by atoms with E-state index in [4.69, 9.17) is 0 Å². The van der Waals surface area contributed by atoms with Gasteiger partial charge in [0.05, 0.1) is 0 Å². The number of hydrogen-bond donors (Lipinski definition) is 1. The minimum atomic E-state index is 0.164. The maximum atomic E-state index is 11.9. The average molecular weight is 265 g/mol. The van der Waals surface area contributed by atoms with Crippen LogP contribution in [0.1, 0.15) is 35.8 Å². The molecule has 2 aromatic rings. The SMILES string of the molecule is O=C1C[C@@H](c2ccccc2)[C@@H](c2ccccc2)CCN1. The van der Waals surface area contributed by atoms with Crippen LogP contribution in [-0.4, -0.2) is 12.5 Å². The van der Waals surface area contributed by atoms with E-state index in [1.54, 1.807) is 0 Å². The van der Waals surface area contributed by atoms with Gasteiger partial charge in [-0.3, -0.25) is 4.79 Å². The van der Waals surface area contributed by atoms with Crippen molar-refractivity contribution >= 4 is 5.91 Å². The van der Waals surface area contributed by atoms with Gasteiger partial charge in [-0.15, -0.1) is 0 Å². The van der Waals surface area contributed by atoms with Gasteiger partial charge in [0.1, 0.15) is 0 Å². The lowest BCUT2D eigenvalue weighted by Crippen LogP contribution is -2.22. The summed E-state index contributed by atoms with van der Waals surface area (Å²) in [7, 11) is 0. The van der Waals surface area contributed by atoms with Crippen molar-refractivity contribution in [3.8, 4) is 0 Å². The lowest BCUT2D eigenvalue weighted by Gasteiger charge is -2.25. The topological polar surface area (TPSA) is 29.1 Å². The highest BCUT2D eigenvalue weighted by atomic mass is 16.1. The van der Waals surface area contributed by atoms with Crippen LogP contribution in [0.5, 0.6) is 0 Å². The molecule has 0 aliphatic carbocycles. The van der Waals surface area contributed by atoms with Gasteiger partial charge in [0.15, 0.2) is 0 Å². The molecule has 1 fully saturated rings. The average Bonchev–Trinajstić information content (AvgIpc) is 2.71. The van der Waals surface area contributed by atoms with Crippen molar-refractivity contribution in [1.82, 2.24) is 5.32 Å². The lowest BCUT2D eigenvalue weighted by atomic mass is 9.78. The van der Waals surface area contributed by atoms with Gasteiger partial charge < -0.3 is 5.32 Å². The first kappa shape index (κ1) is 12.9. The van der Waals surface area contributed by atoms with Crippen LogP contribution in [0.2, 0.25) is 0 Å². The second kappa shape index (κ2) is 5.91. The van der Waals surface area contributed by atoms with Gasteiger partial charge >= 0.3 is 0 Å². The maximum Gasteiger partial charge on any atom is 0.220 e. The molecule has 1 heterocycles. The Hall–Kier alpha value is -2.09. The zero-order valence-electron chi connectivity index (χ0n) is 11.5. The molecule has 1 aliphatic heterocycles. The number of rotatable bonds is 2. The van der Waals surface area contributed by atoms with Crippen LogP contribution >= 0.6 is 0 Å². The Bertz CT molecular complexity index is 564. The van der Waals surface area contributed by atoms with Crippen molar-refractivity contribution in [3.05, 3.63) is 71.8 Å². The Kier molecular flexibility index (Phi) is 3.82. The van der Waals surface area contributed by atoms with Gasteiger partial charge in [0, 0.05) is 13.0 Å². The number of hydrogen-bond acceptors (Lipinski definition) is 1. The third-order valence-electron chi connectivity index (χ3n) is 4.12. The fourth-order valence-electron chi connectivity index (χ4n) is 3.13. The minimum absolute atomic E-state index is 0.164. The summed E-state index contributed by atoms with van der Waals surface area (Å²) in [6.45, 7) is 0.766. The molecule has 0 unspecified atom stereocenters. The Morgan fingerprint density at radius 3 is 1.95 bits per heavy atom. The number of carbonyl (C=O) groups excluding carboxylic acids is 1. The Morgan fingerprint density at radius 1 is 0.800 bits per heavy atom. The molecule has 0 saturated carbocycles. The summed E-state index contributed by atoms with van der Waals surface area (Å²) in [5.41, 5.74) is 2.59. The third-order valence-corrected chi connectivity index (χ3v) is 4.12. The van der Waals surface area contributed by atoms with Crippen molar-refractivity contribution in [2.75, 3.05) is 6.54 Å². The van der Waals surface area contributed by atoms with Crippen molar-refractivity contribution < 1.29 is 4.79 Å². The van der Waals surface area contributed by atoms with Crippen LogP contribution in [-0.2, 0) is 4.79 Å². The van der Waals surface area contributed by atoms with Crippen molar-refractivity contribution in [2.45, 2.75) is 24.7 Å². The van der Waals surface area contributed by atoms with E-state index in [2.05, 4.69) is 53.8 Å². The summed E-state index contributed by atoms with van der Waals surface area (Å²) in [6.07, 6.45) is 1.57. The zero-order chi connectivity index (χ0) is 13.8. The van der Waals surface area contributed by atoms with Crippen LogP contribution in [0.3, 0.4) is 0 Å². The minimum Gasteiger partial charge on any atom is -0.356 e. The monoisotopic (exact) mass is 265 g/mol. The van der Waals surface area contributed by atoms with E-state index in [0.29, 0.717) is 12.3 Å². The van der Waals surface area contributed by atoms with Gasteiger partial charge in [-0.1, -0.05) is 60.7 Å². The predicted octanol–water partition coefficient (Wildman–Crippen LogP) is 3.46. The molecule has 0 spiro atoms. The highest BCUT2D eigenvalue weighted by Crippen LogP contribution is 2.39. The summed E-state index contributed by atoms with van der Waals surface area (Å²) >= 11 is 0. The van der Waals surface area contributed by atoms with Crippen LogP contribution < -0.4 is 5.32 Å². The molecular weight excluding hydrogens is 246 g/mol. The molecule has 0 radical (unpaired) electrons. The molecule has 1 saturated heterocycles. The van der Waals surface area contributed by atoms with Gasteiger partial charge in [0.2, 0.25) is 5.91 Å². The first-order chi connectivity index (χ1) is 9.84. The van der Waals surface area contributed by atoms with Gasteiger partial charge in [0.25, 0.3) is 0 Å². The quantitative estimate of drug-likeness (QED) is 0.885. The highest BCUT2D eigenvalue weighted by Gasteiger charge is 2.29. The van der Waals surface area contributed by atoms with Crippen LogP contribution in [0.4, 0.5) is 0 Å². The van der Waals surface area contributed by atoms with E-state index in [1.807, 2.05) is 12.1 Å². The molecule has 1 N–H and O–H groups in total. The highest BCUT2D eigenvalue weighted by molar-refractivity contribution is 5.77. The van der Waals surface area contributed by atoms with Crippen LogP contribution in [0.15, 0.2) is 60.7 Å². The van der Waals surface area contributed by atoms with E-state index in [0.717, 1.165) is 13.0 Å². The smallest absolute Gasteiger partial charge is 0.220 e. The maximum absolute atomic E-state index is 11.9. The molecule has 2 aromatic carbocycles. The fourth-order valence-corrected chi connectivity index (χ4v) is 3.13. The van der Waals surface area contributed by atoms with Crippen molar-refractivity contribution in [1.29, 1.82) is 0 Å². The summed E-state index contributed by atoms with van der Waals surface area (Å²) in [6, 6.07) is 21.0. The van der Waals surface area contributed by atoms with Crippen LogP contribution in [0, 0.1) is 0 Å². The van der Waals surface area contributed by atoms with Crippen molar-refractivity contribution in [2.24, 2.45) is 0 Å². The lowest BCUT2D eigenvalue weighted by molar-refractivity contribution is -0.121. The van der Waals surface area contributed by atoms with Crippen LogP contribution in [0.25, 0.3) is 0 Å². The number of nitrogens with one attached hydrogen (secondary N) is 1. The molecule has 1 aliphatic rings. The van der Waals surface area contributed by atoms with E-state index in [1.165, 1.54) is 11.1 Å². The molecule has 0 bridgehead atoms. The normalized spacial score (nSPS) is 22.9. The van der Waals surface area contributed by atoms with E-state index < -0.39 is 0 Å². The standard InChI is InChI=1S/C18H19NO/c20-18-13-17(15-9-5-2-6-10-15)16(11-12-19-18)14-7-3-1-4-8-14/h1-10,16-17H,11-13H2,(H,19,20)/t16-,17+/m1/s1. The summed E-state index contributed by atoms with van der Waals surface area (Å²) in [5, 5.41) is 3.01. The zero-order valence-corrected chi connectivity index (χ0v) is 11.5. The Labute approximate surface area is 119 Å². The molecule has 2 nitrogen and oxygen atoms in total. The summed E-state index contributed by atoms with van der Waals surface area (Å²) in [5.74, 6) is 0.830. The second-order valence-corrected chi connectivity index (χ2v) is 5.38. The molecule has 2 heteroatoms. The molecule has 102 valence electrons.